The zero-order chi connectivity index (χ0) is 15.0. The molecule has 0 fully saturated rings. The molecule has 0 spiro atoms. The highest BCUT2D eigenvalue weighted by Gasteiger charge is 2.21. The van der Waals surface area contributed by atoms with Gasteiger partial charge in [-0.3, -0.25) is 0 Å². The Labute approximate surface area is 123 Å². The van der Waals surface area contributed by atoms with Gasteiger partial charge in [0.2, 0.25) is 0 Å². The number of anilines is 1. The summed E-state index contributed by atoms with van der Waals surface area (Å²) < 4.78 is 38.8. The SMILES string of the molecule is Nc1cccc(CS(=O)(=O)c2ccc3c(c2)CCC3)c1F. The number of fused-ring (bicyclic) bond motifs is 1. The number of hydrogen-bond acceptors (Lipinski definition) is 3. The monoisotopic (exact) mass is 305 g/mol. The Morgan fingerprint density at radius 2 is 1.86 bits per heavy atom. The summed E-state index contributed by atoms with van der Waals surface area (Å²) in [6, 6.07) is 9.64. The molecule has 1 aliphatic rings. The normalized spacial score (nSPS) is 14.1. The van der Waals surface area contributed by atoms with Crippen LogP contribution in [0.5, 0.6) is 0 Å². The number of nitrogens with two attached hydrogens (primary N) is 1. The third-order valence-electron chi connectivity index (χ3n) is 3.88. The molecule has 0 saturated carbocycles. The van der Waals surface area contributed by atoms with Crippen LogP contribution >= 0.6 is 0 Å². The van der Waals surface area contributed by atoms with E-state index in [-0.39, 0.29) is 21.9 Å². The molecule has 0 atom stereocenters. The minimum absolute atomic E-state index is 0.0309. The van der Waals surface area contributed by atoms with Crippen molar-refractivity contribution in [3.05, 3.63) is 58.9 Å². The van der Waals surface area contributed by atoms with E-state index < -0.39 is 15.7 Å². The van der Waals surface area contributed by atoms with Crippen molar-refractivity contribution in [1.82, 2.24) is 0 Å². The first-order chi connectivity index (χ1) is 9.97. The van der Waals surface area contributed by atoms with Gasteiger partial charge >= 0.3 is 0 Å². The van der Waals surface area contributed by atoms with Crippen LogP contribution in [-0.4, -0.2) is 8.42 Å². The summed E-state index contributed by atoms with van der Waals surface area (Å²) >= 11 is 0. The van der Waals surface area contributed by atoms with Crippen molar-refractivity contribution < 1.29 is 12.8 Å². The van der Waals surface area contributed by atoms with Crippen LogP contribution in [0.2, 0.25) is 0 Å². The van der Waals surface area contributed by atoms with Crippen molar-refractivity contribution in [2.75, 3.05) is 5.73 Å². The lowest BCUT2D eigenvalue weighted by Gasteiger charge is -2.09. The lowest BCUT2D eigenvalue weighted by atomic mass is 10.1. The molecular weight excluding hydrogens is 289 g/mol. The highest BCUT2D eigenvalue weighted by molar-refractivity contribution is 7.90. The zero-order valence-electron chi connectivity index (χ0n) is 11.5. The summed E-state index contributed by atoms with van der Waals surface area (Å²) in [5.41, 5.74) is 7.86. The van der Waals surface area contributed by atoms with Crippen LogP contribution in [0.25, 0.3) is 0 Å². The average Bonchev–Trinajstić information content (AvgIpc) is 2.91. The van der Waals surface area contributed by atoms with Gasteiger partial charge in [-0.25, -0.2) is 12.8 Å². The molecule has 0 aliphatic heterocycles. The highest BCUT2D eigenvalue weighted by Crippen LogP contribution is 2.27. The van der Waals surface area contributed by atoms with Crippen molar-refractivity contribution in [2.24, 2.45) is 0 Å². The molecule has 2 aromatic rings. The van der Waals surface area contributed by atoms with Gasteiger partial charge in [0, 0.05) is 5.56 Å². The van der Waals surface area contributed by atoms with Gasteiger partial charge in [-0.15, -0.1) is 0 Å². The number of halogens is 1. The van der Waals surface area contributed by atoms with E-state index in [0.29, 0.717) is 0 Å². The highest BCUT2D eigenvalue weighted by atomic mass is 32.2. The fraction of sp³-hybridized carbons (Fsp3) is 0.250. The van der Waals surface area contributed by atoms with E-state index in [2.05, 4.69) is 0 Å². The summed E-state index contributed by atoms with van der Waals surface area (Å²) in [6.45, 7) is 0. The first kappa shape index (κ1) is 14.1. The van der Waals surface area contributed by atoms with Gasteiger partial charge in [-0.1, -0.05) is 18.2 Å². The standard InChI is InChI=1S/C16H16FNO2S/c17-16-13(5-2-6-15(16)18)10-21(19,20)14-8-7-11-3-1-4-12(11)9-14/h2,5-9H,1,3-4,10,18H2. The maximum atomic E-state index is 13.9. The molecule has 0 amide bonds. The Balaban J connectivity index is 1.96. The molecule has 2 N–H and O–H groups in total. The van der Waals surface area contributed by atoms with Crippen LogP contribution in [0.1, 0.15) is 23.1 Å². The topological polar surface area (TPSA) is 60.2 Å². The Hall–Kier alpha value is -1.88. The molecule has 3 rings (SSSR count). The van der Waals surface area contributed by atoms with Crippen LogP contribution in [0.4, 0.5) is 10.1 Å². The third-order valence-corrected chi connectivity index (χ3v) is 5.55. The minimum atomic E-state index is -3.57. The molecule has 110 valence electrons. The third kappa shape index (κ3) is 2.65. The second-order valence-electron chi connectivity index (χ2n) is 5.36. The minimum Gasteiger partial charge on any atom is -0.396 e. The quantitative estimate of drug-likeness (QED) is 0.887. The summed E-state index contributed by atoms with van der Waals surface area (Å²) in [4.78, 5) is 0.255. The number of sulfone groups is 1. The van der Waals surface area contributed by atoms with E-state index in [1.165, 1.54) is 17.7 Å². The summed E-state index contributed by atoms with van der Waals surface area (Å²) in [6.07, 6.45) is 2.97. The first-order valence-electron chi connectivity index (χ1n) is 6.85. The van der Waals surface area contributed by atoms with E-state index in [0.717, 1.165) is 24.8 Å². The van der Waals surface area contributed by atoms with Gasteiger partial charge in [0.1, 0.15) is 5.82 Å². The second-order valence-corrected chi connectivity index (χ2v) is 7.35. The van der Waals surface area contributed by atoms with Crippen LogP contribution in [0.15, 0.2) is 41.3 Å². The van der Waals surface area contributed by atoms with E-state index in [9.17, 15) is 12.8 Å². The van der Waals surface area contributed by atoms with Crippen LogP contribution in [-0.2, 0) is 28.4 Å². The molecule has 0 radical (unpaired) electrons. The van der Waals surface area contributed by atoms with Gasteiger partial charge in [-0.2, -0.15) is 0 Å². The van der Waals surface area contributed by atoms with Crippen LogP contribution in [0.3, 0.4) is 0 Å². The Bertz CT molecular complexity index is 800. The summed E-state index contributed by atoms with van der Waals surface area (Å²) in [5, 5.41) is 0. The smallest absolute Gasteiger partial charge is 0.182 e. The zero-order valence-corrected chi connectivity index (χ0v) is 12.3. The van der Waals surface area contributed by atoms with Gasteiger partial charge in [0.05, 0.1) is 16.3 Å². The molecule has 2 aromatic carbocycles. The van der Waals surface area contributed by atoms with Crippen molar-refractivity contribution in [3.8, 4) is 0 Å². The molecule has 0 bridgehead atoms. The average molecular weight is 305 g/mol. The molecule has 0 aromatic heterocycles. The molecule has 0 heterocycles. The number of aryl methyl sites for hydroxylation is 2. The lowest BCUT2D eigenvalue weighted by Crippen LogP contribution is -2.08. The molecule has 0 saturated heterocycles. The maximum absolute atomic E-state index is 13.9. The number of nitrogen functional groups attached to an aromatic ring is 1. The Kier molecular flexibility index (Phi) is 3.45. The first-order valence-corrected chi connectivity index (χ1v) is 8.50. The molecule has 3 nitrogen and oxygen atoms in total. The van der Waals surface area contributed by atoms with E-state index in [1.807, 2.05) is 6.07 Å². The Morgan fingerprint density at radius 1 is 1.10 bits per heavy atom. The van der Waals surface area contributed by atoms with E-state index in [1.54, 1.807) is 18.2 Å². The maximum Gasteiger partial charge on any atom is 0.182 e. The van der Waals surface area contributed by atoms with Gasteiger partial charge in [0.15, 0.2) is 9.84 Å². The number of hydrogen-bond donors (Lipinski definition) is 1. The van der Waals surface area contributed by atoms with Crippen molar-refractivity contribution in [2.45, 2.75) is 29.9 Å². The predicted molar refractivity (Wildman–Crippen MR) is 80.2 cm³/mol. The van der Waals surface area contributed by atoms with Gasteiger partial charge in [-0.05, 0) is 48.6 Å². The van der Waals surface area contributed by atoms with Crippen LogP contribution in [0, 0.1) is 5.82 Å². The van der Waals surface area contributed by atoms with Gasteiger partial charge < -0.3 is 5.73 Å². The molecular formula is C16H16FNO2S. The Morgan fingerprint density at radius 3 is 2.67 bits per heavy atom. The van der Waals surface area contributed by atoms with Crippen molar-refractivity contribution in [1.29, 1.82) is 0 Å². The van der Waals surface area contributed by atoms with E-state index >= 15 is 0 Å². The predicted octanol–water partition coefficient (Wildman–Crippen LogP) is 2.87. The van der Waals surface area contributed by atoms with Crippen molar-refractivity contribution >= 4 is 15.5 Å². The second kappa shape index (κ2) is 5.15. The summed E-state index contributed by atoms with van der Waals surface area (Å²) in [7, 11) is -3.57. The fourth-order valence-corrected chi connectivity index (χ4v) is 4.14. The van der Waals surface area contributed by atoms with Crippen molar-refractivity contribution in [3.63, 3.8) is 0 Å². The molecule has 0 unspecified atom stereocenters. The van der Waals surface area contributed by atoms with E-state index in [4.69, 9.17) is 5.73 Å². The summed E-state index contributed by atoms with van der Waals surface area (Å²) in [5.74, 6) is -1.02. The fourth-order valence-electron chi connectivity index (χ4n) is 2.74. The molecule has 5 heteroatoms. The number of rotatable bonds is 3. The van der Waals surface area contributed by atoms with Gasteiger partial charge in [0.25, 0.3) is 0 Å². The number of benzene rings is 2. The molecule has 21 heavy (non-hydrogen) atoms. The molecule has 1 aliphatic carbocycles. The largest absolute Gasteiger partial charge is 0.396 e. The van der Waals surface area contributed by atoms with Crippen LogP contribution < -0.4 is 5.73 Å². The lowest BCUT2D eigenvalue weighted by molar-refractivity contribution is 0.588.